The molecular weight excluding hydrogens is 228 g/mol. The molecule has 1 aliphatic rings. The van der Waals surface area contributed by atoms with Crippen LogP contribution in [0.15, 0.2) is 18.6 Å². The lowest BCUT2D eigenvalue weighted by Crippen LogP contribution is -2.19. The van der Waals surface area contributed by atoms with Crippen LogP contribution in [0.1, 0.15) is 26.2 Å². The van der Waals surface area contributed by atoms with E-state index in [1.807, 2.05) is 16.8 Å². The number of nitrogen functional groups attached to an aromatic ring is 1. The molecule has 6 heteroatoms. The smallest absolute Gasteiger partial charge is 0.180 e. The number of nitrogens with two attached hydrogens (primary N) is 1. The van der Waals surface area contributed by atoms with E-state index in [0.717, 1.165) is 17.4 Å². The highest BCUT2D eigenvalue weighted by atomic mass is 15.3. The van der Waals surface area contributed by atoms with Crippen LogP contribution in [0.4, 0.5) is 11.6 Å². The van der Waals surface area contributed by atoms with Crippen LogP contribution in [0.25, 0.3) is 5.65 Å². The zero-order valence-electron chi connectivity index (χ0n) is 10.4. The predicted molar refractivity (Wildman–Crippen MR) is 71.2 cm³/mol. The maximum absolute atomic E-state index is 5.43. The first-order valence-electron chi connectivity index (χ1n) is 6.33. The lowest BCUT2D eigenvalue weighted by molar-refractivity contribution is 0.640. The van der Waals surface area contributed by atoms with E-state index in [2.05, 4.69) is 27.6 Å². The summed E-state index contributed by atoms with van der Waals surface area (Å²) in [6, 6.07) is 0.401. The highest BCUT2D eigenvalue weighted by molar-refractivity contribution is 5.65. The van der Waals surface area contributed by atoms with E-state index in [1.165, 1.54) is 19.3 Å². The summed E-state index contributed by atoms with van der Waals surface area (Å²) in [7, 11) is 0. The molecule has 3 rings (SSSR count). The Morgan fingerprint density at radius 2 is 2.39 bits per heavy atom. The van der Waals surface area contributed by atoms with Crippen molar-refractivity contribution in [2.75, 3.05) is 10.7 Å². The van der Waals surface area contributed by atoms with Crippen LogP contribution in [0.2, 0.25) is 0 Å². The third kappa shape index (κ3) is 2.24. The number of hydrogen-bond acceptors (Lipinski definition) is 5. The van der Waals surface area contributed by atoms with E-state index in [0.29, 0.717) is 11.9 Å². The average molecular weight is 246 g/mol. The second-order valence-corrected chi connectivity index (χ2v) is 5.00. The molecule has 2 aromatic heterocycles. The third-order valence-corrected chi connectivity index (χ3v) is 3.29. The summed E-state index contributed by atoms with van der Waals surface area (Å²) in [5, 5.41) is 3.43. The Balaban J connectivity index is 1.86. The summed E-state index contributed by atoms with van der Waals surface area (Å²) >= 11 is 0. The summed E-state index contributed by atoms with van der Waals surface area (Å²) in [6.07, 6.45) is 9.38. The van der Waals surface area contributed by atoms with Gasteiger partial charge in [-0.15, -0.1) is 0 Å². The van der Waals surface area contributed by atoms with Crippen LogP contribution in [-0.2, 0) is 0 Å². The highest BCUT2D eigenvalue weighted by Gasteiger charge is 2.24. The first kappa shape index (κ1) is 11.3. The van der Waals surface area contributed by atoms with Gasteiger partial charge in [0.25, 0.3) is 0 Å². The SMILES string of the molecule is CC(CC1CC1)Nc1nc(NN)cn2ccnc12. The summed E-state index contributed by atoms with van der Waals surface area (Å²) in [4.78, 5) is 8.74. The molecule has 2 aromatic rings. The van der Waals surface area contributed by atoms with Crippen LogP contribution < -0.4 is 16.6 Å². The van der Waals surface area contributed by atoms with Crippen molar-refractivity contribution in [2.24, 2.45) is 11.8 Å². The Morgan fingerprint density at radius 3 is 3.11 bits per heavy atom. The number of anilines is 2. The third-order valence-electron chi connectivity index (χ3n) is 3.29. The number of nitrogens with one attached hydrogen (secondary N) is 2. The van der Waals surface area contributed by atoms with Gasteiger partial charge in [-0.05, 0) is 19.3 Å². The Morgan fingerprint density at radius 1 is 1.56 bits per heavy atom. The highest BCUT2D eigenvalue weighted by Crippen LogP contribution is 2.34. The Hall–Kier alpha value is -1.82. The van der Waals surface area contributed by atoms with Gasteiger partial charge in [0.05, 0.1) is 6.20 Å². The van der Waals surface area contributed by atoms with Crippen molar-refractivity contribution in [3.8, 4) is 0 Å². The van der Waals surface area contributed by atoms with Crippen LogP contribution >= 0.6 is 0 Å². The molecule has 0 aliphatic heterocycles. The van der Waals surface area contributed by atoms with Crippen molar-refractivity contribution < 1.29 is 0 Å². The van der Waals surface area contributed by atoms with Gasteiger partial charge in [0.1, 0.15) is 0 Å². The number of rotatable bonds is 5. The fourth-order valence-electron chi connectivity index (χ4n) is 2.24. The number of nitrogens with zero attached hydrogens (tertiary/aromatic N) is 3. The summed E-state index contributed by atoms with van der Waals surface area (Å²) in [5.41, 5.74) is 3.41. The maximum Gasteiger partial charge on any atom is 0.180 e. The number of aromatic nitrogens is 3. The molecule has 1 fully saturated rings. The Bertz CT molecular complexity index is 544. The molecule has 18 heavy (non-hydrogen) atoms. The fourth-order valence-corrected chi connectivity index (χ4v) is 2.24. The molecule has 1 saturated carbocycles. The van der Waals surface area contributed by atoms with Gasteiger partial charge >= 0.3 is 0 Å². The molecule has 1 unspecified atom stereocenters. The minimum absolute atomic E-state index is 0.401. The normalized spacial score (nSPS) is 16.8. The van der Waals surface area contributed by atoms with Crippen molar-refractivity contribution >= 4 is 17.3 Å². The van der Waals surface area contributed by atoms with Gasteiger partial charge in [0.2, 0.25) is 0 Å². The zero-order valence-corrected chi connectivity index (χ0v) is 10.4. The van der Waals surface area contributed by atoms with Crippen molar-refractivity contribution in [1.82, 2.24) is 14.4 Å². The van der Waals surface area contributed by atoms with Crippen molar-refractivity contribution in [3.63, 3.8) is 0 Å². The van der Waals surface area contributed by atoms with E-state index in [9.17, 15) is 0 Å². The number of fused-ring (bicyclic) bond motifs is 1. The molecule has 1 atom stereocenters. The van der Waals surface area contributed by atoms with Gasteiger partial charge in [-0.25, -0.2) is 15.8 Å². The van der Waals surface area contributed by atoms with Gasteiger partial charge in [0.15, 0.2) is 17.3 Å². The van der Waals surface area contributed by atoms with Crippen LogP contribution in [0.3, 0.4) is 0 Å². The molecule has 1 aliphatic carbocycles. The molecule has 0 radical (unpaired) electrons. The standard InChI is InChI=1S/C12H18N6/c1-8(6-9-2-3-9)15-11-12-14-4-5-18(12)7-10(16-11)17-13/h4-5,7-9,17H,2-3,6,13H2,1H3,(H,15,16). The van der Waals surface area contributed by atoms with Gasteiger partial charge in [-0.3, -0.25) is 0 Å². The predicted octanol–water partition coefficient (Wildman–Crippen LogP) is 1.62. The van der Waals surface area contributed by atoms with Crippen LogP contribution in [-0.4, -0.2) is 20.4 Å². The van der Waals surface area contributed by atoms with Crippen molar-refractivity contribution in [1.29, 1.82) is 0 Å². The van der Waals surface area contributed by atoms with Crippen LogP contribution in [0, 0.1) is 5.92 Å². The topological polar surface area (TPSA) is 80.3 Å². The fraction of sp³-hybridized carbons (Fsp3) is 0.500. The Labute approximate surface area is 106 Å². The number of hydrogen-bond donors (Lipinski definition) is 3. The molecular formula is C12H18N6. The molecule has 2 heterocycles. The number of hydrazine groups is 1. The molecule has 0 bridgehead atoms. The lowest BCUT2D eigenvalue weighted by Gasteiger charge is -2.15. The van der Waals surface area contributed by atoms with Gasteiger partial charge in [-0.2, -0.15) is 0 Å². The van der Waals surface area contributed by atoms with Gasteiger partial charge in [-0.1, -0.05) is 12.8 Å². The van der Waals surface area contributed by atoms with Crippen molar-refractivity contribution in [2.45, 2.75) is 32.2 Å². The molecule has 0 saturated heterocycles. The first-order chi connectivity index (χ1) is 8.76. The maximum atomic E-state index is 5.43. The zero-order chi connectivity index (χ0) is 12.5. The minimum atomic E-state index is 0.401. The summed E-state index contributed by atoms with van der Waals surface area (Å²) in [6.45, 7) is 2.18. The second-order valence-electron chi connectivity index (χ2n) is 5.00. The second kappa shape index (κ2) is 4.45. The molecule has 4 N–H and O–H groups in total. The summed E-state index contributed by atoms with van der Waals surface area (Å²) < 4.78 is 1.91. The molecule has 96 valence electrons. The van der Waals surface area contributed by atoms with E-state index in [4.69, 9.17) is 5.84 Å². The molecule has 0 aromatic carbocycles. The largest absolute Gasteiger partial charge is 0.364 e. The van der Waals surface area contributed by atoms with Gasteiger partial charge in [0, 0.05) is 18.4 Å². The lowest BCUT2D eigenvalue weighted by atomic mass is 10.1. The van der Waals surface area contributed by atoms with E-state index in [-0.39, 0.29) is 0 Å². The van der Waals surface area contributed by atoms with E-state index >= 15 is 0 Å². The monoisotopic (exact) mass is 246 g/mol. The average Bonchev–Trinajstić information content (AvgIpc) is 3.03. The van der Waals surface area contributed by atoms with E-state index in [1.54, 1.807) is 6.20 Å². The van der Waals surface area contributed by atoms with E-state index < -0.39 is 0 Å². The molecule has 0 spiro atoms. The molecule has 6 nitrogen and oxygen atoms in total. The molecule has 0 amide bonds. The quantitative estimate of drug-likeness (QED) is 0.551. The van der Waals surface area contributed by atoms with Gasteiger partial charge < -0.3 is 15.1 Å². The van der Waals surface area contributed by atoms with Crippen molar-refractivity contribution in [3.05, 3.63) is 18.6 Å². The van der Waals surface area contributed by atoms with Crippen LogP contribution in [0.5, 0.6) is 0 Å². The Kier molecular flexibility index (Phi) is 2.79. The number of imidazole rings is 1. The summed E-state index contributed by atoms with van der Waals surface area (Å²) in [5.74, 6) is 7.72. The first-order valence-corrected chi connectivity index (χ1v) is 6.33. The minimum Gasteiger partial charge on any atom is -0.364 e.